The van der Waals surface area contributed by atoms with Crippen LogP contribution in [0.5, 0.6) is 17.2 Å². The van der Waals surface area contributed by atoms with Crippen molar-refractivity contribution in [1.29, 1.82) is 0 Å². The zero-order valence-corrected chi connectivity index (χ0v) is 9.68. The number of unbranched alkanes of at least 4 members (excludes halogenated alkanes) is 1. The fourth-order valence-corrected chi connectivity index (χ4v) is 1.26. The summed E-state index contributed by atoms with van der Waals surface area (Å²) in [6.45, 7) is 4.75. The van der Waals surface area contributed by atoms with Crippen LogP contribution in [0.2, 0.25) is 0 Å². The largest absolute Gasteiger partial charge is 0.494 e. The molecule has 0 saturated carbocycles. The van der Waals surface area contributed by atoms with Gasteiger partial charge in [-0.3, -0.25) is 0 Å². The molecule has 4 heteroatoms. The number of hydrogen-bond acceptors (Lipinski definition) is 3. The van der Waals surface area contributed by atoms with Gasteiger partial charge in [0.2, 0.25) is 6.79 Å². The van der Waals surface area contributed by atoms with Crippen molar-refractivity contribution < 1.29 is 31.6 Å². The number of hydrogen-bond donors (Lipinski definition) is 0. The van der Waals surface area contributed by atoms with Gasteiger partial charge in [0.1, 0.15) is 5.75 Å². The molecule has 0 N–H and O–H groups in total. The molecule has 0 saturated heterocycles. The Morgan fingerprint density at radius 3 is 2.87 bits per heavy atom. The van der Waals surface area contributed by atoms with Crippen LogP contribution in [0.15, 0.2) is 18.2 Å². The van der Waals surface area contributed by atoms with Gasteiger partial charge < -0.3 is 21.1 Å². The van der Waals surface area contributed by atoms with Crippen molar-refractivity contribution in [3.63, 3.8) is 0 Å². The molecule has 15 heavy (non-hydrogen) atoms. The predicted molar refractivity (Wildman–Crippen MR) is 52.7 cm³/mol. The second-order valence-corrected chi connectivity index (χ2v) is 3.07. The normalized spacial score (nSPS) is 12.1. The molecule has 1 aliphatic rings. The van der Waals surface area contributed by atoms with Crippen molar-refractivity contribution in [2.45, 2.75) is 12.8 Å². The summed E-state index contributed by atoms with van der Waals surface area (Å²) in [5, 5.41) is 0. The van der Waals surface area contributed by atoms with Crippen molar-refractivity contribution in [2.75, 3.05) is 13.4 Å². The zero-order chi connectivity index (χ0) is 9.80. The Balaban J connectivity index is 0.00000112. The van der Waals surface area contributed by atoms with E-state index >= 15 is 0 Å². The number of ether oxygens (including phenoxy) is 3. The van der Waals surface area contributed by atoms with Gasteiger partial charge in [0.15, 0.2) is 11.5 Å². The van der Waals surface area contributed by atoms with Crippen LogP contribution < -0.4 is 14.2 Å². The molecular formula is C11H13CrO3-. The van der Waals surface area contributed by atoms with Gasteiger partial charge >= 0.3 is 0 Å². The van der Waals surface area contributed by atoms with Crippen LogP contribution in [-0.2, 0) is 17.4 Å². The average molecular weight is 245 g/mol. The molecule has 1 aromatic carbocycles. The Labute approximate surface area is 100 Å². The Morgan fingerprint density at radius 1 is 1.27 bits per heavy atom. The van der Waals surface area contributed by atoms with Gasteiger partial charge in [-0.15, -0.1) is 0 Å². The molecule has 0 spiro atoms. The molecular weight excluding hydrogens is 232 g/mol. The monoisotopic (exact) mass is 245 g/mol. The molecule has 82 valence electrons. The standard InChI is InChI=1S/C11H13O3.Cr/c1-2-3-6-12-9-4-5-10-11(7-9)14-8-13-10;/h4-5,7H,1-3,6,8H2;/q-1;. The molecule has 0 fully saturated rings. The third-order valence-corrected chi connectivity index (χ3v) is 2.01. The molecule has 1 heterocycles. The van der Waals surface area contributed by atoms with Gasteiger partial charge in [0.25, 0.3) is 0 Å². The minimum atomic E-state index is 0. The third kappa shape index (κ3) is 3.05. The fraction of sp³-hybridized carbons (Fsp3) is 0.364. The van der Waals surface area contributed by atoms with E-state index in [2.05, 4.69) is 6.92 Å². The van der Waals surface area contributed by atoms with Crippen LogP contribution in [0.1, 0.15) is 12.8 Å². The van der Waals surface area contributed by atoms with Crippen molar-refractivity contribution in [1.82, 2.24) is 0 Å². The van der Waals surface area contributed by atoms with Gasteiger partial charge in [-0.25, -0.2) is 0 Å². The number of rotatable bonds is 4. The molecule has 0 aliphatic carbocycles. The topological polar surface area (TPSA) is 27.7 Å². The molecule has 0 unspecified atom stereocenters. The first-order chi connectivity index (χ1) is 6.90. The summed E-state index contributed by atoms with van der Waals surface area (Å²) in [5.41, 5.74) is 0. The van der Waals surface area contributed by atoms with Crippen LogP contribution in [0.25, 0.3) is 0 Å². The van der Waals surface area contributed by atoms with Crippen LogP contribution in [-0.4, -0.2) is 13.4 Å². The van der Waals surface area contributed by atoms with Crippen molar-refractivity contribution in [3.05, 3.63) is 25.1 Å². The van der Waals surface area contributed by atoms with E-state index in [0.717, 1.165) is 30.1 Å². The van der Waals surface area contributed by atoms with E-state index < -0.39 is 0 Å². The first-order valence-electron chi connectivity index (χ1n) is 4.72. The van der Waals surface area contributed by atoms with E-state index in [1.807, 2.05) is 18.2 Å². The first kappa shape index (κ1) is 12.2. The maximum absolute atomic E-state index is 5.50. The van der Waals surface area contributed by atoms with Gasteiger partial charge in [-0.1, -0.05) is 0 Å². The molecule has 1 aromatic rings. The molecule has 0 bridgehead atoms. The van der Waals surface area contributed by atoms with Crippen LogP contribution in [0.4, 0.5) is 0 Å². The van der Waals surface area contributed by atoms with Crippen LogP contribution in [0.3, 0.4) is 0 Å². The molecule has 0 aromatic heterocycles. The summed E-state index contributed by atoms with van der Waals surface area (Å²) in [5.74, 6) is 2.37. The maximum Gasteiger partial charge on any atom is 0.231 e. The van der Waals surface area contributed by atoms with Gasteiger partial charge in [-0.05, 0) is 18.6 Å². The smallest absolute Gasteiger partial charge is 0.231 e. The van der Waals surface area contributed by atoms with Crippen molar-refractivity contribution >= 4 is 0 Å². The average Bonchev–Trinajstić information content (AvgIpc) is 2.65. The van der Waals surface area contributed by atoms with Crippen LogP contribution in [0, 0.1) is 6.92 Å². The second-order valence-electron chi connectivity index (χ2n) is 3.07. The zero-order valence-electron chi connectivity index (χ0n) is 8.40. The van der Waals surface area contributed by atoms with Crippen molar-refractivity contribution in [2.24, 2.45) is 0 Å². The molecule has 0 radical (unpaired) electrons. The minimum Gasteiger partial charge on any atom is -0.494 e. The molecule has 2 rings (SSSR count). The van der Waals surface area contributed by atoms with E-state index in [0.29, 0.717) is 13.4 Å². The van der Waals surface area contributed by atoms with Crippen LogP contribution >= 0.6 is 0 Å². The second kappa shape index (κ2) is 5.89. The third-order valence-electron chi connectivity index (χ3n) is 2.01. The number of benzene rings is 1. The van der Waals surface area contributed by atoms with E-state index in [9.17, 15) is 0 Å². The first-order valence-corrected chi connectivity index (χ1v) is 4.72. The Kier molecular flexibility index (Phi) is 4.80. The summed E-state index contributed by atoms with van der Waals surface area (Å²) in [6, 6.07) is 5.60. The Hall–Kier alpha value is -0.848. The van der Waals surface area contributed by atoms with Gasteiger partial charge in [0.05, 0.1) is 6.61 Å². The summed E-state index contributed by atoms with van der Waals surface area (Å²) in [6.07, 6.45) is 1.86. The fourth-order valence-electron chi connectivity index (χ4n) is 1.26. The summed E-state index contributed by atoms with van der Waals surface area (Å²) in [7, 11) is 0. The summed E-state index contributed by atoms with van der Waals surface area (Å²) >= 11 is 0. The Bertz CT molecular complexity index is 315. The molecule has 0 atom stereocenters. The number of fused-ring (bicyclic) bond motifs is 1. The van der Waals surface area contributed by atoms with Gasteiger partial charge in [0, 0.05) is 23.4 Å². The summed E-state index contributed by atoms with van der Waals surface area (Å²) in [4.78, 5) is 0. The van der Waals surface area contributed by atoms with Gasteiger partial charge in [-0.2, -0.15) is 6.42 Å². The van der Waals surface area contributed by atoms with Crippen molar-refractivity contribution in [3.8, 4) is 17.2 Å². The SMILES string of the molecule is [CH2-]CCCOc1ccc2c(c1)OCO2.[Cr]. The quantitative estimate of drug-likeness (QED) is 0.602. The maximum atomic E-state index is 5.50. The van der Waals surface area contributed by atoms with E-state index in [4.69, 9.17) is 14.2 Å². The molecule has 3 nitrogen and oxygen atoms in total. The van der Waals surface area contributed by atoms with E-state index in [1.54, 1.807) is 0 Å². The Morgan fingerprint density at radius 2 is 2.07 bits per heavy atom. The van der Waals surface area contributed by atoms with E-state index in [-0.39, 0.29) is 17.4 Å². The minimum absolute atomic E-state index is 0. The molecule has 0 amide bonds. The molecule has 1 aliphatic heterocycles. The predicted octanol–water partition coefficient (Wildman–Crippen LogP) is 2.41. The summed E-state index contributed by atoms with van der Waals surface area (Å²) < 4.78 is 15.9. The van der Waals surface area contributed by atoms with E-state index in [1.165, 1.54) is 0 Å².